The Bertz CT molecular complexity index is 610. The topological polar surface area (TPSA) is 35.1 Å². The molecular formula is C10H7IN4. The van der Waals surface area contributed by atoms with E-state index in [0.717, 1.165) is 15.0 Å². The molecule has 0 N–H and O–H groups in total. The van der Waals surface area contributed by atoms with Crippen LogP contribution in [0.15, 0.2) is 43.0 Å². The van der Waals surface area contributed by atoms with Gasteiger partial charge in [-0.2, -0.15) is 5.10 Å². The zero-order chi connectivity index (χ0) is 10.3. The highest BCUT2D eigenvalue weighted by Gasteiger charge is 2.03. The molecule has 0 aliphatic rings. The quantitative estimate of drug-likeness (QED) is 0.645. The molecule has 0 fully saturated rings. The number of pyridine rings is 1. The largest absolute Gasteiger partial charge is 0.284 e. The third kappa shape index (κ3) is 1.43. The first-order valence-electron chi connectivity index (χ1n) is 4.47. The Morgan fingerprint density at radius 2 is 2.20 bits per heavy atom. The Balaban J connectivity index is 2.30. The molecule has 15 heavy (non-hydrogen) atoms. The average Bonchev–Trinajstić information content (AvgIpc) is 2.84. The first kappa shape index (κ1) is 8.90. The molecule has 3 aromatic rings. The van der Waals surface area contributed by atoms with E-state index in [1.807, 2.05) is 45.9 Å². The molecule has 3 heterocycles. The predicted molar refractivity (Wildman–Crippen MR) is 65.0 cm³/mol. The summed E-state index contributed by atoms with van der Waals surface area (Å²) >= 11 is 2.24. The number of fused-ring (bicyclic) bond motifs is 1. The van der Waals surface area contributed by atoms with Crippen molar-refractivity contribution in [1.82, 2.24) is 19.2 Å². The van der Waals surface area contributed by atoms with Crippen molar-refractivity contribution >= 4 is 28.2 Å². The van der Waals surface area contributed by atoms with Gasteiger partial charge in [0.1, 0.15) is 11.5 Å². The smallest absolute Gasteiger partial charge is 0.139 e. The fraction of sp³-hybridized carbons (Fsp3) is 0. The summed E-state index contributed by atoms with van der Waals surface area (Å²) in [5.41, 5.74) is 0.929. The lowest BCUT2D eigenvalue weighted by molar-refractivity contribution is 0.829. The Morgan fingerprint density at radius 3 is 3.00 bits per heavy atom. The minimum atomic E-state index is 0.929. The van der Waals surface area contributed by atoms with Crippen LogP contribution < -0.4 is 0 Å². The van der Waals surface area contributed by atoms with Gasteiger partial charge in [0.2, 0.25) is 0 Å². The molecule has 0 radical (unpaired) electrons. The number of hydrogen-bond acceptors (Lipinski definition) is 2. The molecule has 0 unspecified atom stereocenters. The second-order valence-electron chi connectivity index (χ2n) is 3.14. The van der Waals surface area contributed by atoms with Crippen LogP contribution in [0, 0.1) is 3.57 Å². The second-order valence-corrected chi connectivity index (χ2v) is 4.39. The fourth-order valence-electron chi connectivity index (χ4n) is 1.55. The molecule has 3 aromatic heterocycles. The first-order chi connectivity index (χ1) is 7.34. The minimum Gasteiger partial charge on any atom is -0.284 e. The number of hydrogen-bond donors (Lipinski definition) is 0. The first-order valence-corrected chi connectivity index (χ1v) is 5.55. The van der Waals surface area contributed by atoms with Crippen LogP contribution in [0.25, 0.3) is 11.5 Å². The summed E-state index contributed by atoms with van der Waals surface area (Å²) in [6.07, 6.45) is 7.53. The van der Waals surface area contributed by atoms with Gasteiger partial charge in [-0.25, -0.2) is 9.67 Å². The fourth-order valence-corrected chi connectivity index (χ4v) is 1.93. The van der Waals surface area contributed by atoms with Gasteiger partial charge >= 0.3 is 0 Å². The summed E-state index contributed by atoms with van der Waals surface area (Å²) in [5.74, 6) is 0.993. The Morgan fingerprint density at radius 1 is 1.27 bits per heavy atom. The van der Waals surface area contributed by atoms with E-state index < -0.39 is 0 Å². The van der Waals surface area contributed by atoms with Gasteiger partial charge in [-0.05, 0) is 34.7 Å². The number of rotatable bonds is 1. The maximum absolute atomic E-state index is 4.28. The van der Waals surface area contributed by atoms with Crippen LogP contribution in [0.5, 0.6) is 0 Å². The van der Waals surface area contributed by atoms with Gasteiger partial charge in [0.25, 0.3) is 0 Å². The van der Waals surface area contributed by atoms with Gasteiger partial charge in [0, 0.05) is 18.6 Å². The van der Waals surface area contributed by atoms with Crippen LogP contribution in [0.2, 0.25) is 0 Å². The van der Waals surface area contributed by atoms with Crippen molar-refractivity contribution in [3.63, 3.8) is 0 Å². The van der Waals surface area contributed by atoms with Crippen LogP contribution in [0.3, 0.4) is 0 Å². The van der Waals surface area contributed by atoms with Gasteiger partial charge in [0.15, 0.2) is 0 Å². The third-order valence-corrected chi connectivity index (χ3v) is 2.75. The average molecular weight is 310 g/mol. The zero-order valence-corrected chi connectivity index (χ0v) is 9.87. The van der Waals surface area contributed by atoms with E-state index in [1.54, 1.807) is 6.20 Å². The number of halogens is 1. The standard InChI is InChI=1S/C10H7IN4/c11-8-6-13-15(7-8)10-3-1-2-9-12-4-5-14(9)10/h1-7H. The zero-order valence-electron chi connectivity index (χ0n) is 7.71. The minimum absolute atomic E-state index is 0.929. The molecular weight excluding hydrogens is 303 g/mol. The molecule has 0 amide bonds. The highest BCUT2D eigenvalue weighted by Crippen LogP contribution is 2.11. The number of aromatic nitrogens is 4. The molecule has 0 bridgehead atoms. The van der Waals surface area contributed by atoms with Crippen LogP contribution >= 0.6 is 22.6 Å². The van der Waals surface area contributed by atoms with Gasteiger partial charge in [-0.3, -0.25) is 4.40 Å². The lowest BCUT2D eigenvalue weighted by Gasteiger charge is -2.04. The predicted octanol–water partition coefficient (Wildman–Crippen LogP) is 2.12. The molecule has 0 spiro atoms. The van der Waals surface area contributed by atoms with E-state index >= 15 is 0 Å². The molecule has 0 saturated carbocycles. The summed E-state index contributed by atoms with van der Waals surface area (Å²) in [7, 11) is 0. The van der Waals surface area contributed by atoms with Crippen molar-refractivity contribution in [1.29, 1.82) is 0 Å². The van der Waals surface area contributed by atoms with Crippen LogP contribution in [-0.4, -0.2) is 19.2 Å². The maximum atomic E-state index is 4.28. The van der Waals surface area contributed by atoms with E-state index in [4.69, 9.17) is 0 Å². The van der Waals surface area contributed by atoms with E-state index in [-0.39, 0.29) is 0 Å². The summed E-state index contributed by atoms with van der Waals surface area (Å²) in [6, 6.07) is 5.96. The monoisotopic (exact) mass is 310 g/mol. The number of nitrogens with zero attached hydrogens (tertiary/aromatic N) is 4. The number of imidazole rings is 1. The van der Waals surface area contributed by atoms with Gasteiger partial charge in [-0.15, -0.1) is 0 Å². The Kier molecular flexibility index (Phi) is 1.98. The SMILES string of the molecule is Ic1cnn(-c2cccc3nccn23)c1. The lowest BCUT2D eigenvalue weighted by atomic mass is 10.4. The molecule has 0 atom stereocenters. The highest BCUT2D eigenvalue weighted by atomic mass is 127. The molecule has 3 rings (SSSR count). The maximum Gasteiger partial charge on any atom is 0.139 e. The van der Waals surface area contributed by atoms with E-state index in [1.165, 1.54) is 0 Å². The van der Waals surface area contributed by atoms with Crippen molar-refractivity contribution < 1.29 is 0 Å². The molecule has 0 saturated heterocycles. The van der Waals surface area contributed by atoms with E-state index in [0.29, 0.717) is 0 Å². The molecule has 0 aliphatic heterocycles. The van der Waals surface area contributed by atoms with Crippen molar-refractivity contribution in [2.75, 3.05) is 0 Å². The normalized spacial score (nSPS) is 11.0. The lowest BCUT2D eigenvalue weighted by Crippen LogP contribution is -2.01. The van der Waals surface area contributed by atoms with Crippen LogP contribution in [0.4, 0.5) is 0 Å². The van der Waals surface area contributed by atoms with Gasteiger partial charge < -0.3 is 0 Å². The Labute approximate surface area is 99.7 Å². The van der Waals surface area contributed by atoms with Crippen molar-refractivity contribution in [3.8, 4) is 5.82 Å². The van der Waals surface area contributed by atoms with Gasteiger partial charge in [0.05, 0.1) is 9.77 Å². The van der Waals surface area contributed by atoms with Gasteiger partial charge in [-0.1, -0.05) is 6.07 Å². The second kappa shape index (κ2) is 3.34. The van der Waals surface area contributed by atoms with E-state index in [9.17, 15) is 0 Å². The van der Waals surface area contributed by atoms with E-state index in [2.05, 4.69) is 32.7 Å². The summed E-state index contributed by atoms with van der Waals surface area (Å²) in [5, 5.41) is 4.28. The summed E-state index contributed by atoms with van der Waals surface area (Å²) < 4.78 is 4.96. The van der Waals surface area contributed by atoms with Crippen LogP contribution in [0.1, 0.15) is 0 Å². The van der Waals surface area contributed by atoms with Crippen molar-refractivity contribution in [3.05, 3.63) is 46.6 Å². The third-order valence-electron chi connectivity index (χ3n) is 2.19. The molecule has 0 aliphatic carbocycles. The van der Waals surface area contributed by atoms with Crippen molar-refractivity contribution in [2.24, 2.45) is 0 Å². The van der Waals surface area contributed by atoms with Crippen LogP contribution in [-0.2, 0) is 0 Å². The molecule has 0 aromatic carbocycles. The summed E-state index contributed by atoms with van der Waals surface area (Å²) in [4.78, 5) is 4.23. The highest BCUT2D eigenvalue weighted by molar-refractivity contribution is 14.1. The molecule has 4 nitrogen and oxygen atoms in total. The molecule has 5 heteroatoms. The Hall–Kier alpha value is -1.37. The van der Waals surface area contributed by atoms with Crippen molar-refractivity contribution in [2.45, 2.75) is 0 Å². The summed E-state index contributed by atoms with van der Waals surface area (Å²) in [6.45, 7) is 0. The molecule has 74 valence electrons.